The van der Waals surface area contributed by atoms with Crippen LogP contribution in [0.1, 0.15) is 52.0 Å². The zero-order valence-corrected chi connectivity index (χ0v) is 17.5. The number of aromatic nitrogens is 1. The average Bonchev–Trinajstić information content (AvgIpc) is 2.52. The van der Waals surface area contributed by atoms with E-state index in [9.17, 15) is 14.4 Å². The van der Waals surface area contributed by atoms with Crippen molar-refractivity contribution >= 4 is 33.8 Å². The molecule has 0 unspecified atom stereocenters. The molecule has 7 nitrogen and oxygen atoms in total. The van der Waals surface area contributed by atoms with E-state index in [2.05, 4.69) is 26.2 Å². The third-order valence-corrected chi connectivity index (χ3v) is 3.80. The Bertz CT molecular complexity index is 695. The van der Waals surface area contributed by atoms with Crippen LogP contribution < -0.4 is 10.1 Å². The lowest BCUT2D eigenvalue weighted by molar-refractivity contribution is -0.153. The summed E-state index contributed by atoms with van der Waals surface area (Å²) < 4.78 is 10.9. The summed E-state index contributed by atoms with van der Waals surface area (Å²) in [6, 6.07) is 1.50. The number of carbonyl (C=O) groups excluding carboxylic acids is 3. The van der Waals surface area contributed by atoms with E-state index in [1.165, 1.54) is 12.3 Å². The van der Waals surface area contributed by atoms with Crippen LogP contribution in [0, 0.1) is 10.8 Å². The fourth-order valence-corrected chi connectivity index (χ4v) is 2.02. The first kappa shape index (κ1) is 22.1. The van der Waals surface area contributed by atoms with Gasteiger partial charge in [-0.05, 0) is 63.5 Å². The number of nitrogens with zero attached hydrogens (tertiary/aromatic N) is 1. The van der Waals surface area contributed by atoms with Gasteiger partial charge in [0.2, 0.25) is 0 Å². The normalized spacial score (nSPS) is 11.7. The lowest BCUT2D eigenvalue weighted by Crippen LogP contribution is -2.40. The first-order valence-corrected chi connectivity index (χ1v) is 9.01. The molecule has 0 bridgehead atoms. The molecule has 1 aromatic rings. The predicted octanol–water partition coefficient (Wildman–Crippen LogP) is 3.11. The third-order valence-electron chi connectivity index (χ3n) is 3.37. The molecule has 1 heterocycles. The molecule has 0 aliphatic rings. The Balaban J connectivity index is 2.96. The average molecular weight is 429 g/mol. The van der Waals surface area contributed by atoms with Crippen molar-refractivity contribution < 1.29 is 23.9 Å². The van der Waals surface area contributed by atoms with Crippen molar-refractivity contribution in [3.05, 3.63) is 22.4 Å². The topological polar surface area (TPSA) is 94.6 Å². The fourth-order valence-electron chi connectivity index (χ4n) is 1.71. The van der Waals surface area contributed by atoms with Gasteiger partial charge < -0.3 is 14.8 Å². The summed E-state index contributed by atoms with van der Waals surface area (Å²) >= 11 is 3.25. The summed E-state index contributed by atoms with van der Waals surface area (Å²) in [4.78, 5) is 40.6. The Hall–Kier alpha value is -1.96. The molecule has 8 heteroatoms. The molecule has 0 aromatic carbocycles. The molecule has 0 aliphatic carbocycles. The van der Waals surface area contributed by atoms with E-state index >= 15 is 0 Å². The van der Waals surface area contributed by atoms with Crippen LogP contribution in [0.25, 0.3) is 0 Å². The van der Waals surface area contributed by atoms with Crippen molar-refractivity contribution in [3.63, 3.8) is 0 Å². The largest absolute Gasteiger partial charge is 0.466 e. The van der Waals surface area contributed by atoms with Gasteiger partial charge in [-0.15, -0.1) is 0 Å². The molecule has 1 aromatic heterocycles. The number of amides is 1. The van der Waals surface area contributed by atoms with Gasteiger partial charge in [0.1, 0.15) is 0 Å². The van der Waals surface area contributed by atoms with Gasteiger partial charge >= 0.3 is 11.9 Å². The monoisotopic (exact) mass is 428 g/mol. The fraction of sp³-hybridized carbons (Fsp3) is 0.556. The molecular formula is C18H25BrN2O5. The summed E-state index contributed by atoms with van der Waals surface area (Å²) in [6.07, 6.45) is 1.43. The van der Waals surface area contributed by atoms with Gasteiger partial charge in [-0.3, -0.25) is 14.4 Å². The van der Waals surface area contributed by atoms with Crippen LogP contribution >= 0.6 is 15.9 Å². The molecule has 0 fully saturated rings. The Kier molecular flexibility index (Phi) is 7.32. The predicted molar refractivity (Wildman–Crippen MR) is 99.8 cm³/mol. The second-order valence-corrected chi connectivity index (χ2v) is 8.34. The number of hydrogen-bond donors (Lipinski definition) is 1. The molecular weight excluding hydrogens is 404 g/mol. The van der Waals surface area contributed by atoms with E-state index in [1.807, 2.05) is 0 Å². The smallest absolute Gasteiger partial charge is 0.316 e. The van der Waals surface area contributed by atoms with Gasteiger partial charge in [-0.25, -0.2) is 4.98 Å². The van der Waals surface area contributed by atoms with Crippen LogP contribution in [0.4, 0.5) is 0 Å². The number of pyridine rings is 1. The summed E-state index contributed by atoms with van der Waals surface area (Å²) in [5, 5.41) is 2.64. The van der Waals surface area contributed by atoms with Gasteiger partial charge in [0, 0.05) is 17.2 Å². The highest BCUT2D eigenvalue weighted by atomic mass is 79.9. The summed E-state index contributed by atoms with van der Waals surface area (Å²) in [7, 11) is 0. The van der Waals surface area contributed by atoms with Crippen LogP contribution in [0.5, 0.6) is 5.75 Å². The maximum atomic E-state index is 12.5. The van der Waals surface area contributed by atoms with Crippen LogP contribution in [0.3, 0.4) is 0 Å². The molecule has 1 N–H and O–H groups in total. The zero-order chi connectivity index (χ0) is 20.1. The minimum atomic E-state index is -0.900. The summed E-state index contributed by atoms with van der Waals surface area (Å²) in [5.41, 5.74) is -1.67. The van der Waals surface area contributed by atoms with Crippen LogP contribution in [-0.2, 0) is 14.3 Å². The highest BCUT2D eigenvalue weighted by Crippen LogP contribution is 2.25. The maximum Gasteiger partial charge on any atom is 0.316 e. The van der Waals surface area contributed by atoms with Crippen molar-refractivity contribution in [2.24, 2.45) is 10.8 Å². The number of rotatable bonds is 6. The number of nitrogens with one attached hydrogen (secondary N) is 1. The molecule has 0 saturated heterocycles. The van der Waals surface area contributed by atoms with Gasteiger partial charge in [-0.1, -0.05) is 0 Å². The number of esters is 2. The van der Waals surface area contributed by atoms with E-state index in [1.54, 1.807) is 41.5 Å². The SMILES string of the molecule is CCOC(=O)C(C)(C)CNC(=O)c1ncc(Br)cc1OC(=O)C(C)(C)C. The van der Waals surface area contributed by atoms with Crippen LogP contribution in [-0.4, -0.2) is 36.0 Å². The highest BCUT2D eigenvalue weighted by molar-refractivity contribution is 9.10. The Morgan fingerprint density at radius 2 is 1.77 bits per heavy atom. The third kappa shape index (κ3) is 6.09. The van der Waals surface area contributed by atoms with E-state index in [4.69, 9.17) is 9.47 Å². The lowest BCUT2D eigenvalue weighted by Gasteiger charge is -2.23. The zero-order valence-electron chi connectivity index (χ0n) is 15.9. The van der Waals surface area contributed by atoms with E-state index in [0.29, 0.717) is 4.47 Å². The quantitative estimate of drug-likeness (QED) is 0.699. The van der Waals surface area contributed by atoms with Crippen molar-refractivity contribution in [1.29, 1.82) is 0 Å². The molecule has 26 heavy (non-hydrogen) atoms. The van der Waals surface area contributed by atoms with Gasteiger partial charge in [0.25, 0.3) is 5.91 Å². The number of carbonyl (C=O) groups is 3. The van der Waals surface area contributed by atoms with Crippen molar-refractivity contribution in [1.82, 2.24) is 10.3 Å². The standard InChI is InChI=1S/C18H25BrN2O5/c1-7-25-16(24)18(5,6)10-21-14(22)13-12(8-11(19)9-20-13)26-15(23)17(2,3)4/h8-9H,7,10H2,1-6H3,(H,21,22). The minimum Gasteiger partial charge on any atom is -0.466 e. The molecule has 144 valence electrons. The Labute approximate surface area is 162 Å². The summed E-state index contributed by atoms with van der Waals surface area (Å²) in [5.74, 6) is -1.40. The van der Waals surface area contributed by atoms with Crippen LogP contribution in [0.15, 0.2) is 16.7 Å². The van der Waals surface area contributed by atoms with Gasteiger partial charge in [0.15, 0.2) is 11.4 Å². The molecule has 0 spiro atoms. The minimum absolute atomic E-state index is 0.0366. The highest BCUT2D eigenvalue weighted by Gasteiger charge is 2.31. The molecule has 1 amide bonds. The summed E-state index contributed by atoms with van der Waals surface area (Å²) in [6.45, 7) is 10.5. The van der Waals surface area contributed by atoms with Gasteiger partial charge in [-0.2, -0.15) is 0 Å². The molecule has 0 atom stereocenters. The van der Waals surface area contributed by atoms with Crippen molar-refractivity contribution in [2.75, 3.05) is 13.2 Å². The van der Waals surface area contributed by atoms with Crippen molar-refractivity contribution in [2.45, 2.75) is 41.5 Å². The van der Waals surface area contributed by atoms with E-state index in [0.717, 1.165) is 0 Å². The van der Waals surface area contributed by atoms with E-state index < -0.39 is 28.7 Å². The van der Waals surface area contributed by atoms with Crippen LogP contribution in [0.2, 0.25) is 0 Å². The molecule has 0 radical (unpaired) electrons. The first-order chi connectivity index (χ1) is 11.9. The molecule has 0 saturated carbocycles. The molecule has 1 rings (SSSR count). The van der Waals surface area contributed by atoms with Crippen molar-refractivity contribution in [3.8, 4) is 5.75 Å². The first-order valence-electron chi connectivity index (χ1n) is 8.21. The second-order valence-electron chi connectivity index (χ2n) is 7.43. The van der Waals surface area contributed by atoms with E-state index in [-0.39, 0.29) is 24.6 Å². The Morgan fingerprint density at radius 3 is 2.31 bits per heavy atom. The number of ether oxygens (including phenoxy) is 2. The number of hydrogen-bond acceptors (Lipinski definition) is 6. The lowest BCUT2D eigenvalue weighted by atomic mass is 9.93. The molecule has 0 aliphatic heterocycles. The number of halogens is 1. The Morgan fingerprint density at radius 1 is 1.15 bits per heavy atom. The van der Waals surface area contributed by atoms with Gasteiger partial charge in [0.05, 0.1) is 17.4 Å². The second kappa shape index (κ2) is 8.62. The maximum absolute atomic E-state index is 12.5.